The van der Waals surface area contributed by atoms with Crippen molar-refractivity contribution in [2.45, 2.75) is 25.0 Å². The Morgan fingerprint density at radius 1 is 1.42 bits per heavy atom. The summed E-state index contributed by atoms with van der Waals surface area (Å²) < 4.78 is 0. The van der Waals surface area contributed by atoms with E-state index in [1.165, 1.54) is 12.0 Å². The third-order valence-corrected chi connectivity index (χ3v) is 2.98. The highest BCUT2D eigenvalue weighted by atomic mass is 17.2. The number of fused-ring (bicyclic) bond motifs is 3. The lowest BCUT2D eigenvalue weighted by Crippen LogP contribution is -2.39. The monoisotopic (exact) mass is 168 g/mol. The van der Waals surface area contributed by atoms with Crippen LogP contribution in [0, 0.1) is 5.92 Å². The molecule has 12 heavy (non-hydrogen) atoms. The van der Waals surface area contributed by atoms with Gasteiger partial charge in [-0.25, -0.2) is 0 Å². The van der Waals surface area contributed by atoms with Gasteiger partial charge in [0.2, 0.25) is 0 Å². The van der Waals surface area contributed by atoms with E-state index in [0.717, 1.165) is 18.9 Å². The van der Waals surface area contributed by atoms with Crippen molar-refractivity contribution in [3.63, 3.8) is 0 Å². The number of hydrogen-bond donors (Lipinski definition) is 2. The Labute approximate surface area is 70.8 Å². The zero-order valence-corrected chi connectivity index (χ0v) is 6.75. The molecule has 2 heterocycles. The van der Waals surface area contributed by atoms with Crippen molar-refractivity contribution in [3.05, 3.63) is 11.8 Å². The predicted molar refractivity (Wildman–Crippen MR) is 41.7 cm³/mol. The number of hydrogen-bond acceptors (Lipinski definition) is 4. The third-order valence-electron chi connectivity index (χ3n) is 2.98. The lowest BCUT2D eigenvalue weighted by molar-refractivity contribution is -0.255. The van der Waals surface area contributed by atoms with Crippen molar-refractivity contribution in [3.8, 4) is 0 Å². The molecule has 4 heteroatoms. The van der Waals surface area contributed by atoms with Gasteiger partial charge in [-0.2, -0.15) is 4.89 Å². The maximum Gasteiger partial charge on any atom is 0.133 e. The lowest BCUT2D eigenvalue weighted by atomic mass is 9.81. The summed E-state index contributed by atoms with van der Waals surface area (Å²) in [6.45, 7) is 1.06. The van der Waals surface area contributed by atoms with Gasteiger partial charge in [0.1, 0.15) is 12.4 Å². The summed E-state index contributed by atoms with van der Waals surface area (Å²) in [7, 11) is 0. The van der Waals surface area contributed by atoms with Crippen molar-refractivity contribution in [1.29, 1.82) is 0 Å². The van der Waals surface area contributed by atoms with Gasteiger partial charge in [-0.3, -0.25) is 10.9 Å². The maximum atomic E-state index is 5.10. The zero-order valence-electron chi connectivity index (χ0n) is 6.75. The van der Waals surface area contributed by atoms with Gasteiger partial charge in [0.15, 0.2) is 0 Å². The normalized spacial score (nSPS) is 44.7. The van der Waals surface area contributed by atoms with Crippen LogP contribution in [0.3, 0.4) is 0 Å². The van der Waals surface area contributed by atoms with Crippen molar-refractivity contribution in [2.75, 3.05) is 6.54 Å². The second-order valence-electron chi connectivity index (χ2n) is 3.64. The molecule has 1 saturated heterocycles. The van der Waals surface area contributed by atoms with E-state index in [1.54, 1.807) is 6.26 Å². The van der Waals surface area contributed by atoms with E-state index in [9.17, 15) is 0 Å². The highest BCUT2D eigenvalue weighted by Gasteiger charge is 2.41. The number of rotatable bonds is 0. The molecule has 3 rings (SSSR count). The van der Waals surface area contributed by atoms with Gasteiger partial charge in [-0.15, -0.1) is 0 Å². The van der Waals surface area contributed by atoms with Crippen LogP contribution < -0.4 is 10.9 Å². The number of nitrogens with one attached hydrogen (secondary N) is 2. The minimum Gasteiger partial charge on any atom is -0.345 e. The highest BCUT2D eigenvalue weighted by Crippen LogP contribution is 2.35. The largest absolute Gasteiger partial charge is 0.345 e. The molecule has 3 atom stereocenters. The maximum absolute atomic E-state index is 5.10. The average Bonchev–Trinajstić information content (AvgIpc) is 2.71. The fourth-order valence-corrected chi connectivity index (χ4v) is 2.30. The van der Waals surface area contributed by atoms with Gasteiger partial charge in [0, 0.05) is 12.1 Å². The summed E-state index contributed by atoms with van der Waals surface area (Å²) in [6, 6.07) is 0.436. The molecule has 3 unspecified atom stereocenters. The molecule has 4 nitrogen and oxygen atoms in total. The van der Waals surface area contributed by atoms with Crippen LogP contribution in [0.25, 0.3) is 0 Å². The van der Waals surface area contributed by atoms with E-state index in [1.807, 2.05) is 0 Å². The molecule has 2 aliphatic heterocycles. The molecule has 0 bridgehead atoms. The van der Waals surface area contributed by atoms with Gasteiger partial charge in [-0.1, -0.05) is 0 Å². The Morgan fingerprint density at radius 2 is 2.42 bits per heavy atom. The first-order chi connectivity index (χ1) is 5.95. The Kier molecular flexibility index (Phi) is 1.41. The van der Waals surface area contributed by atoms with E-state index < -0.39 is 0 Å². The standard InChI is InChI=1S/C8H12N2O2/c1-2-7-6(4-11-12-7)8-5(1)3-9-10-8/h4-5,7-10H,1-3H2. The van der Waals surface area contributed by atoms with Crippen molar-refractivity contribution in [1.82, 2.24) is 10.9 Å². The van der Waals surface area contributed by atoms with E-state index in [2.05, 4.69) is 10.9 Å². The van der Waals surface area contributed by atoms with E-state index in [-0.39, 0.29) is 6.10 Å². The van der Waals surface area contributed by atoms with Crippen LogP contribution >= 0.6 is 0 Å². The molecule has 66 valence electrons. The average molecular weight is 168 g/mol. The molecule has 0 spiro atoms. The van der Waals surface area contributed by atoms with Crippen LogP contribution in [-0.4, -0.2) is 18.7 Å². The van der Waals surface area contributed by atoms with Crippen LogP contribution in [0.5, 0.6) is 0 Å². The molecular formula is C8H12N2O2. The van der Waals surface area contributed by atoms with Gasteiger partial charge < -0.3 is 4.89 Å². The Morgan fingerprint density at radius 3 is 3.42 bits per heavy atom. The minimum absolute atomic E-state index is 0.207. The van der Waals surface area contributed by atoms with Gasteiger partial charge in [0.25, 0.3) is 0 Å². The van der Waals surface area contributed by atoms with Crippen LogP contribution in [0.1, 0.15) is 12.8 Å². The van der Waals surface area contributed by atoms with E-state index in [0.29, 0.717) is 6.04 Å². The summed E-state index contributed by atoms with van der Waals surface area (Å²) in [6.07, 6.45) is 4.27. The SMILES string of the molecule is C1=C2C(CCC3CNNC23)OO1. The Bertz CT molecular complexity index is 229. The van der Waals surface area contributed by atoms with Crippen LogP contribution in [-0.2, 0) is 9.78 Å². The van der Waals surface area contributed by atoms with Gasteiger partial charge in [0.05, 0.1) is 6.04 Å². The summed E-state index contributed by atoms with van der Waals surface area (Å²) in [5.41, 5.74) is 7.70. The molecule has 1 saturated carbocycles. The molecule has 0 amide bonds. The first-order valence-electron chi connectivity index (χ1n) is 4.45. The van der Waals surface area contributed by atoms with Crippen molar-refractivity contribution >= 4 is 0 Å². The summed E-state index contributed by atoms with van der Waals surface area (Å²) in [4.78, 5) is 9.97. The third kappa shape index (κ3) is 0.827. The second kappa shape index (κ2) is 2.45. The van der Waals surface area contributed by atoms with Crippen LogP contribution in [0.2, 0.25) is 0 Å². The van der Waals surface area contributed by atoms with Gasteiger partial charge >= 0.3 is 0 Å². The van der Waals surface area contributed by atoms with Crippen molar-refractivity contribution in [2.24, 2.45) is 5.92 Å². The zero-order chi connectivity index (χ0) is 7.97. The predicted octanol–water partition coefficient (Wildman–Crippen LogP) is 0.0871. The highest BCUT2D eigenvalue weighted by molar-refractivity contribution is 5.21. The molecule has 0 radical (unpaired) electrons. The molecule has 3 aliphatic rings. The van der Waals surface area contributed by atoms with E-state index >= 15 is 0 Å². The minimum atomic E-state index is 0.207. The number of hydrazine groups is 1. The fraction of sp³-hybridized carbons (Fsp3) is 0.750. The van der Waals surface area contributed by atoms with Gasteiger partial charge in [-0.05, 0) is 18.8 Å². The smallest absolute Gasteiger partial charge is 0.133 e. The molecule has 0 aromatic heterocycles. The molecule has 2 N–H and O–H groups in total. The molecular weight excluding hydrogens is 156 g/mol. The first kappa shape index (κ1) is 6.88. The molecule has 0 aromatic rings. The van der Waals surface area contributed by atoms with Crippen LogP contribution in [0.15, 0.2) is 11.8 Å². The summed E-state index contributed by atoms with van der Waals surface area (Å²) in [5, 5.41) is 0. The first-order valence-corrected chi connectivity index (χ1v) is 4.45. The fourth-order valence-electron chi connectivity index (χ4n) is 2.30. The summed E-state index contributed by atoms with van der Waals surface area (Å²) in [5.74, 6) is 0.720. The Hall–Kier alpha value is -0.580. The molecule has 1 aliphatic carbocycles. The van der Waals surface area contributed by atoms with E-state index in [4.69, 9.17) is 9.78 Å². The Balaban J connectivity index is 1.89. The molecule has 2 fully saturated rings. The molecule has 0 aromatic carbocycles. The topological polar surface area (TPSA) is 42.5 Å². The summed E-state index contributed by atoms with van der Waals surface area (Å²) >= 11 is 0. The van der Waals surface area contributed by atoms with Crippen LogP contribution in [0.4, 0.5) is 0 Å². The second-order valence-corrected chi connectivity index (χ2v) is 3.64. The lowest BCUT2D eigenvalue weighted by Gasteiger charge is -2.27. The van der Waals surface area contributed by atoms with Crippen molar-refractivity contribution < 1.29 is 9.78 Å². The quantitative estimate of drug-likeness (QED) is 0.503.